The number of amides is 2. The van der Waals surface area contributed by atoms with Crippen molar-refractivity contribution < 1.29 is 18.4 Å². The smallest absolute Gasteiger partial charge is 0.254 e. The summed E-state index contributed by atoms with van der Waals surface area (Å²) >= 11 is 0. The maximum Gasteiger partial charge on any atom is 0.254 e. The molecule has 3 atom stereocenters. The zero-order valence-electron chi connectivity index (χ0n) is 18.3. The van der Waals surface area contributed by atoms with Crippen LogP contribution in [0.2, 0.25) is 0 Å². The van der Waals surface area contributed by atoms with Gasteiger partial charge < -0.3 is 15.5 Å². The Morgan fingerprint density at radius 1 is 1.16 bits per heavy atom. The quantitative estimate of drug-likeness (QED) is 0.678. The summed E-state index contributed by atoms with van der Waals surface area (Å²) in [6.45, 7) is 2.40. The van der Waals surface area contributed by atoms with E-state index >= 15 is 0 Å². The van der Waals surface area contributed by atoms with E-state index in [0.29, 0.717) is 6.54 Å². The molecule has 2 N–H and O–H groups in total. The lowest BCUT2D eigenvalue weighted by Crippen LogP contribution is -2.42. The van der Waals surface area contributed by atoms with Crippen LogP contribution in [0.25, 0.3) is 0 Å². The minimum absolute atomic E-state index is 0.0279. The SMILES string of the molecule is CNC(=O)c1cc(F)c(C[C@@H](CNC(=O)[C@@H]2C[C@]2(C)c2ccccc2)N(C)C)cc1F. The molecular formula is C24H29F2N3O2. The summed E-state index contributed by atoms with van der Waals surface area (Å²) in [4.78, 5) is 26.3. The van der Waals surface area contributed by atoms with Crippen LogP contribution in [0.15, 0.2) is 42.5 Å². The van der Waals surface area contributed by atoms with Crippen LogP contribution in [0.4, 0.5) is 8.78 Å². The zero-order valence-corrected chi connectivity index (χ0v) is 18.3. The number of hydrogen-bond donors (Lipinski definition) is 2. The fourth-order valence-corrected chi connectivity index (χ4v) is 3.97. The first kappa shape index (κ1) is 22.9. The molecule has 0 spiro atoms. The molecule has 1 fully saturated rings. The van der Waals surface area contributed by atoms with Crippen molar-refractivity contribution in [3.05, 3.63) is 70.8 Å². The summed E-state index contributed by atoms with van der Waals surface area (Å²) in [6, 6.07) is 11.7. The number of rotatable bonds is 8. The average Bonchev–Trinajstić information content (AvgIpc) is 3.45. The molecule has 3 rings (SSSR count). The number of carbonyl (C=O) groups excluding carboxylic acids is 2. The molecule has 2 amide bonds. The van der Waals surface area contributed by atoms with Gasteiger partial charge >= 0.3 is 0 Å². The summed E-state index contributed by atoms with van der Waals surface area (Å²) in [6.07, 6.45) is 0.987. The topological polar surface area (TPSA) is 61.4 Å². The second-order valence-electron chi connectivity index (χ2n) is 8.61. The van der Waals surface area contributed by atoms with Crippen LogP contribution in [0.3, 0.4) is 0 Å². The maximum absolute atomic E-state index is 14.5. The van der Waals surface area contributed by atoms with Gasteiger partial charge in [0.1, 0.15) is 11.6 Å². The van der Waals surface area contributed by atoms with Crippen molar-refractivity contribution in [2.24, 2.45) is 5.92 Å². The Labute approximate surface area is 181 Å². The number of nitrogens with zero attached hydrogens (tertiary/aromatic N) is 1. The maximum atomic E-state index is 14.5. The lowest BCUT2D eigenvalue weighted by Gasteiger charge is -2.25. The van der Waals surface area contributed by atoms with Crippen molar-refractivity contribution in [2.75, 3.05) is 27.7 Å². The fourth-order valence-electron chi connectivity index (χ4n) is 3.97. The monoisotopic (exact) mass is 429 g/mol. The van der Waals surface area contributed by atoms with E-state index < -0.39 is 17.5 Å². The third kappa shape index (κ3) is 4.93. The van der Waals surface area contributed by atoms with Crippen molar-refractivity contribution in [1.29, 1.82) is 0 Å². The van der Waals surface area contributed by atoms with Crippen LogP contribution < -0.4 is 10.6 Å². The summed E-state index contributed by atoms with van der Waals surface area (Å²) in [5, 5.41) is 5.28. The minimum Gasteiger partial charge on any atom is -0.355 e. The van der Waals surface area contributed by atoms with Crippen LogP contribution in [-0.4, -0.2) is 50.4 Å². The molecule has 0 unspecified atom stereocenters. The molecule has 0 heterocycles. The van der Waals surface area contributed by atoms with E-state index in [1.165, 1.54) is 7.05 Å². The molecule has 2 aromatic carbocycles. The third-order valence-corrected chi connectivity index (χ3v) is 6.29. The number of likely N-dealkylation sites (N-methyl/N-ethyl adjacent to an activating group) is 1. The molecule has 0 saturated heterocycles. The van der Waals surface area contributed by atoms with Crippen molar-refractivity contribution >= 4 is 11.8 Å². The fraction of sp³-hybridized carbons (Fsp3) is 0.417. The molecule has 1 aliphatic carbocycles. The highest BCUT2D eigenvalue weighted by Gasteiger charge is 2.55. The third-order valence-electron chi connectivity index (χ3n) is 6.29. The van der Waals surface area contributed by atoms with Gasteiger partial charge in [-0.25, -0.2) is 8.78 Å². The van der Waals surface area contributed by atoms with Crippen LogP contribution >= 0.6 is 0 Å². The molecule has 7 heteroatoms. The van der Waals surface area contributed by atoms with E-state index in [9.17, 15) is 18.4 Å². The molecule has 5 nitrogen and oxygen atoms in total. The Bertz CT molecular complexity index is 965. The van der Waals surface area contributed by atoms with Gasteiger partial charge in [-0.05, 0) is 50.2 Å². The minimum atomic E-state index is -0.770. The molecule has 0 aliphatic heterocycles. The van der Waals surface area contributed by atoms with Gasteiger partial charge in [-0.3, -0.25) is 9.59 Å². The summed E-state index contributed by atoms with van der Waals surface area (Å²) in [5.74, 6) is -2.21. The Balaban J connectivity index is 1.64. The Hall–Kier alpha value is -2.80. The first-order chi connectivity index (χ1) is 14.7. The first-order valence-electron chi connectivity index (χ1n) is 10.4. The van der Waals surface area contributed by atoms with Crippen LogP contribution in [-0.2, 0) is 16.6 Å². The first-order valence-corrected chi connectivity index (χ1v) is 10.4. The number of hydrogen-bond acceptors (Lipinski definition) is 3. The van der Waals surface area contributed by atoms with Gasteiger partial charge in [0.15, 0.2) is 0 Å². The van der Waals surface area contributed by atoms with E-state index in [-0.39, 0.29) is 40.8 Å². The van der Waals surface area contributed by atoms with Crippen LogP contribution in [0.1, 0.15) is 34.8 Å². The van der Waals surface area contributed by atoms with E-state index in [2.05, 4.69) is 17.6 Å². The Morgan fingerprint density at radius 2 is 1.84 bits per heavy atom. The normalized spacial score (nSPS) is 20.9. The van der Waals surface area contributed by atoms with Gasteiger partial charge in [-0.1, -0.05) is 37.3 Å². The molecule has 1 aliphatic rings. The number of halogens is 2. The summed E-state index contributed by atoms with van der Waals surface area (Å²) in [7, 11) is 5.02. The molecule has 166 valence electrons. The van der Waals surface area contributed by atoms with Gasteiger partial charge in [0.25, 0.3) is 5.91 Å². The second-order valence-corrected chi connectivity index (χ2v) is 8.61. The highest BCUT2D eigenvalue weighted by Crippen LogP contribution is 2.53. The van der Waals surface area contributed by atoms with Crippen molar-refractivity contribution in [2.45, 2.75) is 31.2 Å². The van der Waals surface area contributed by atoms with Crippen LogP contribution in [0.5, 0.6) is 0 Å². The van der Waals surface area contributed by atoms with Crippen molar-refractivity contribution in [3.63, 3.8) is 0 Å². The molecule has 31 heavy (non-hydrogen) atoms. The van der Waals surface area contributed by atoms with Gasteiger partial charge in [-0.15, -0.1) is 0 Å². The molecule has 0 bridgehead atoms. The zero-order chi connectivity index (χ0) is 22.8. The van der Waals surface area contributed by atoms with Crippen LogP contribution in [0, 0.1) is 17.6 Å². The van der Waals surface area contributed by atoms with Crippen molar-refractivity contribution in [3.8, 4) is 0 Å². The predicted octanol–water partition coefficient (Wildman–Crippen LogP) is 2.89. The lowest BCUT2D eigenvalue weighted by molar-refractivity contribution is -0.122. The second kappa shape index (κ2) is 9.14. The van der Waals surface area contributed by atoms with E-state index in [4.69, 9.17) is 0 Å². The number of benzene rings is 2. The van der Waals surface area contributed by atoms with Crippen molar-refractivity contribution in [1.82, 2.24) is 15.5 Å². The van der Waals surface area contributed by atoms with E-state index in [1.807, 2.05) is 49.3 Å². The van der Waals surface area contributed by atoms with E-state index in [0.717, 1.165) is 24.1 Å². The lowest BCUT2D eigenvalue weighted by atomic mass is 9.95. The van der Waals surface area contributed by atoms with Gasteiger partial charge in [0.2, 0.25) is 5.91 Å². The molecule has 0 radical (unpaired) electrons. The van der Waals surface area contributed by atoms with Gasteiger partial charge in [0, 0.05) is 31.0 Å². The number of nitrogens with one attached hydrogen (secondary N) is 2. The highest BCUT2D eigenvalue weighted by molar-refractivity contribution is 5.94. The van der Waals surface area contributed by atoms with Gasteiger partial charge in [0.05, 0.1) is 5.56 Å². The predicted molar refractivity (Wildman–Crippen MR) is 116 cm³/mol. The van der Waals surface area contributed by atoms with E-state index in [1.54, 1.807) is 0 Å². The molecule has 1 saturated carbocycles. The Morgan fingerprint density at radius 3 is 2.45 bits per heavy atom. The number of carbonyl (C=O) groups is 2. The standard InChI is InChI=1S/C24H29F2N3O2/c1-24(16-8-6-5-7-9-16)13-19(24)23(31)28-14-17(29(3)4)10-15-11-21(26)18(12-20(15)25)22(30)27-2/h5-9,11-12,17,19H,10,13-14H2,1-4H3,(H,27,30)(H,28,31)/t17-,19-,24+/m0/s1. The molecule has 0 aromatic heterocycles. The largest absolute Gasteiger partial charge is 0.355 e. The van der Waals surface area contributed by atoms with Gasteiger partial charge in [-0.2, -0.15) is 0 Å². The summed E-state index contributed by atoms with van der Waals surface area (Å²) in [5.41, 5.74) is 0.822. The Kier molecular flexibility index (Phi) is 6.74. The highest BCUT2D eigenvalue weighted by atomic mass is 19.1. The molecule has 2 aromatic rings. The summed E-state index contributed by atoms with van der Waals surface area (Å²) < 4.78 is 28.8. The average molecular weight is 430 g/mol. The molecular weight excluding hydrogens is 400 g/mol.